The van der Waals surface area contributed by atoms with Gasteiger partial charge in [-0.1, -0.05) is 39.0 Å². The van der Waals surface area contributed by atoms with Crippen molar-refractivity contribution in [3.05, 3.63) is 58.1 Å². The number of ether oxygens (including phenoxy) is 1. The molecule has 1 aromatic carbocycles. The molecule has 0 aliphatic carbocycles. The smallest absolute Gasteiger partial charge is 0.293 e. The normalized spacial score (nSPS) is 15.0. The van der Waals surface area contributed by atoms with Crippen LogP contribution in [0.1, 0.15) is 32.0 Å². The average Bonchev–Trinajstić information content (AvgIpc) is 2.78. The lowest BCUT2D eigenvalue weighted by molar-refractivity contribution is -0.120. The molecule has 8 nitrogen and oxygen atoms in total. The average molecular weight is 485 g/mol. The number of nitrogens with zero attached hydrogens (tertiary/aromatic N) is 3. The molecule has 0 spiro atoms. The zero-order chi connectivity index (χ0) is 24.9. The number of anilines is 1. The minimum absolute atomic E-state index is 0.113. The monoisotopic (exact) mass is 484 g/mol. The van der Waals surface area contributed by atoms with Crippen LogP contribution in [0.5, 0.6) is 5.75 Å². The first-order valence-electron chi connectivity index (χ1n) is 11.6. The van der Waals surface area contributed by atoms with Gasteiger partial charge in [-0.3, -0.25) is 9.59 Å². The van der Waals surface area contributed by atoms with Gasteiger partial charge in [0, 0.05) is 19.3 Å². The molecule has 1 aliphatic heterocycles. The Hall–Kier alpha value is -2.91. The number of hydrogen-bond acceptors (Lipinski definition) is 6. The Labute approximate surface area is 202 Å². The van der Waals surface area contributed by atoms with Gasteiger partial charge in [0.25, 0.3) is 5.56 Å². The van der Waals surface area contributed by atoms with Gasteiger partial charge in [0.2, 0.25) is 5.91 Å². The summed E-state index contributed by atoms with van der Waals surface area (Å²) in [5, 5.41) is 2.93. The van der Waals surface area contributed by atoms with Crippen LogP contribution >= 0.6 is 0 Å². The van der Waals surface area contributed by atoms with Gasteiger partial charge < -0.3 is 23.9 Å². The number of carbonyl (C=O) groups excluding carboxylic acids is 1. The highest BCUT2D eigenvalue weighted by molar-refractivity contribution is 6.74. The van der Waals surface area contributed by atoms with E-state index in [-0.39, 0.29) is 28.9 Å². The van der Waals surface area contributed by atoms with Crippen LogP contribution in [0.4, 0.5) is 5.82 Å². The van der Waals surface area contributed by atoms with Crippen molar-refractivity contribution in [3.63, 3.8) is 0 Å². The lowest BCUT2D eigenvalue weighted by atomic mass is 10.2. The highest BCUT2D eigenvalue weighted by atomic mass is 28.4. The summed E-state index contributed by atoms with van der Waals surface area (Å²) >= 11 is 0. The van der Waals surface area contributed by atoms with E-state index in [1.54, 1.807) is 22.8 Å². The van der Waals surface area contributed by atoms with E-state index in [0.29, 0.717) is 31.9 Å². The predicted octanol–water partition coefficient (Wildman–Crippen LogP) is 3.27. The van der Waals surface area contributed by atoms with Crippen LogP contribution in [0.15, 0.2) is 41.3 Å². The Morgan fingerprint density at radius 3 is 2.50 bits per heavy atom. The van der Waals surface area contributed by atoms with Crippen LogP contribution in [0.2, 0.25) is 18.1 Å². The molecule has 3 rings (SSSR count). The molecule has 1 aromatic heterocycles. The lowest BCUT2D eigenvalue weighted by Crippen LogP contribution is -2.50. The number of nitrogens with one attached hydrogen (secondary N) is 1. The van der Waals surface area contributed by atoms with E-state index in [0.717, 1.165) is 11.3 Å². The maximum atomic E-state index is 13.3. The third kappa shape index (κ3) is 6.36. The van der Waals surface area contributed by atoms with Crippen molar-refractivity contribution in [2.45, 2.75) is 45.4 Å². The van der Waals surface area contributed by atoms with E-state index in [4.69, 9.17) is 9.16 Å². The van der Waals surface area contributed by atoms with Gasteiger partial charge in [-0.2, -0.15) is 0 Å². The summed E-state index contributed by atoms with van der Waals surface area (Å²) in [5.74, 6) is 0.935. The molecule has 2 aromatic rings. The van der Waals surface area contributed by atoms with Gasteiger partial charge in [0.05, 0.1) is 32.5 Å². The minimum Gasteiger partial charge on any atom is -0.497 e. The molecule has 1 aliphatic rings. The minimum atomic E-state index is -1.86. The number of rotatable bonds is 8. The molecule has 0 bridgehead atoms. The third-order valence-corrected chi connectivity index (χ3v) is 11.0. The highest BCUT2D eigenvalue weighted by Crippen LogP contribution is 2.36. The van der Waals surface area contributed by atoms with E-state index in [9.17, 15) is 9.59 Å². The van der Waals surface area contributed by atoms with Crippen molar-refractivity contribution < 1.29 is 14.0 Å². The van der Waals surface area contributed by atoms with Gasteiger partial charge >= 0.3 is 0 Å². The molecule has 1 N–H and O–H groups in total. The molecule has 1 fully saturated rings. The number of aromatic nitrogens is 2. The van der Waals surface area contributed by atoms with Crippen LogP contribution in [0, 0.1) is 0 Å². The summed E-state index contributed by atoms with van der Waals surface area (Å²) < 4.78 is 13.1. The third-order valence-electron chi connectivity index (χ3n) is 6.46. The predicted molar refractivity (Wildman–Crippen MR) is 138 cm³/mol. The Balaban J connectivity index is 1.88. The fourth-order valence-corrected chi connectivity index (χ4v) is 4.28. The van der Waals surface area contributed by atoms with Crippen molar-refractivity contribution in [1.82, 2.24) is 14.9 Å². The fraction of sp³-hybridized carbons (Fsp3) is 0.480. The second kappa shape index (κ2) is 10.6. The molecule has 0 saturated carbocycles. The van der Waals surface area contributed by atoms with E-state index < -0.39 is 8.32 Å². The van der Waals surface area contributed by atoms with Crippen LogP contribution in [-0.2, 0) is 15.8 Å². The van der Waals surface area contributed by atoms with Gasteiger partial charge in [0.15, 0.2) is 14.1 Å². The van der Waals surface area contributed by atoms with E-state index >= 15 is 0 Å². The largest absolute Gasteiger partial charge is 0.497 e. The summed E-state index contributed by atoms with van der Waals surface area (Å²) in [5.41, 5.74) is 1.39. The quantitative estimate of drug-likeness (QED) is 0.579. The van der Waals surface area contributed by atoms with E-state index in [1.807, 2.05) is 36.4 Å². The van der Waals surface area contributed by atoms with Crippen molar-refractivity contribution >= 4 is 26.1 Å². The maximum Gasteiger partial charge on any atom is 0.293 e. The number of amides is 1. The SMILES string of the molecule is COc1ccc(Cn2cc(/C=C/CO[Si](C)(C)C(C)(C)C)nc(N3CCNC(=O)C3)c2=O)cc1. The summed E-state index contributed by atoms with van der Waals surface area (Å²) in [4.78, 5) is 31.6. The standard InChI is InChI=1S/C25H36N4O4Si/c1-25(2,3)34(5,6)33-15-7-8-20-17-29(16-19-9-11-21(32-4)12-10-19)24(31)23(27-20)28-14-13-26-22(30)18-28/h7-12,17H,13-16,18H2,1-6H3,(H,26,30)/b8-7+. The first-order chi connectivity index (χ1) is 16.0. The van der Waals surface area contributed by atoms with Crippen LogP contribution in [0.25, 0.3) is 6.08 Å². The molecule has 0 atom stereocenters. The van der Waals surface area contributed by atoms with Crippen LogP contribution < -0.4 is 20.5 Å². The Kier molecular flexibility index (Phi) is 7.99. The Morgan fingerprint density at radius 2 is 1.88 bits per heavy atom. The first-order valence-corrected chi connectivity index (χ1v) is 14.5. The second-order valence-electron chi connectivity index (χ2n) is 10.0. The fourth-order valence-electron chi connectivity index (χ4n) is 3.34. The van der Waals surface area contributed by atoms with Crippen molar-refractivity contribution in [1.29, 1.82) is 0 Å². The zero-order valence-corrected chi connectivity index (χ0v) is 22.1. The number of benzene rings is 1. The van der Waals surface area contributed by atoms with Gasteiger partial charge in [-0.05, 0) is 41.9 Å². The van der Waals surface area contributed by atoms with Crippen molar-refractivity contribution in [3.8, 4) is 5.75 Å². The highest BCUT2D eigenvalue weighted by Gasteiger charge is 2.36. The Morgan fingerprint density at radius 1 is 1.18 bits per heavy atom. The zero-order valence-electron chi connectivity index (χ0n) is 21.1. The van der Waals surface area contributed by atoms with Crippen molar-refractivity contribution in [2.75, 3.05) is 38.3 Å². The molecule has 1 amide bonds. The molecular formula is C25H36N4O4Si. The van der Waals surface area contributed by atoms with Crippen LogP contribution in [-0.4, -0.2) is 57.1 Å². The summed E-state index contributed by atoms with van der Waals surface area (Å²) in [6.45, 7) is 13.1. The second-order valence-corrected chi connectivity index (χ2v) is 14.8. The topological polar surface area (TPSA) is 85.7 Å². The van der Waals surface area contributed by atoms with Crippen LogP contribution in [0.3, 0.4) is 0 Å². The molecule has 34 heavy (non-hydrogen) atoms. The molecule has 1 saturated heterocycles. The van der Waals surface area contributed by atoms with Gasteiger partial charge in [0.1, 0.15) is 5.75 Å². The Bertz CT molecular complexity index is 1090. The number of piperazine rings is 1. The maximum absolute atomic E-state index is 13.3. The molecular weight excluding hydrogens is 448 g/mol. The molecule has 184 valence electrons. The molecule has 9 heteroatoms. The lowest BCUT2D eigenvalue weighted by Gasteiger charge is -2.35. The summed E-state index contributed by atoms with van der Waals surface area (Å²) in [7, 11) is -0.235. The van der Waals surface area contributed by atoms with Gasteiger partial charge in [-0.25, -0.2) is 4.98 Å². The van der Waals surface area contributed by atoms with E-state index in [1.165, 1.54) is 0 Å². The molecule has 0 unspecified atom stereocenters. The summed E-state index contributed by atoms with van der Waals surface area (Å²) in [6, 6.07) is 7.61. The molecule has 2 heterocycles. The number of hydrogen-bond donors (Lipinski definition) is 1. The summed E-state index contributed by atoms with van der Waals surface area (Å²) in [6.07, 6.45) is 5.57. The van der Waals surface area contributed by atoms with E-state index in [2.05, 4.69) is 44.2 Å². The first kappa shape index (κ1) is 25.7. The molecule has 0 radical (unpaired) electrons. The van der Waals surface area contributed by atoms with Gasteiger partial charge in [-0.15, -0.1) is 0 Å². The van der Waals surface area contributed by atoms with Crippen molar-refractivity contribution in [2.24, 2.45) is 0 Å². The number of carbonyl (C=O) groups is 1. The number of methoxy groups -OCH3 is 1.